The lowest BCUT2D eigenvalue weighted by molar-refractivity contribution is 0.310. The van der Waals surface area contributed by atoms with Gasteiger partial charge in [0.15, 0.2) is 0 Å². The molecule has 0 aliphatic carbocycles. The molecule has 0 spiro atoms. The van der Waals surface area contributed by atoms with Crippen LogP contribution in [0.2, 0.25) is 0 Å². The monoisotopic (exact) mass is 340 g/mol. The molecule has 3 heterocycles. The van der Waals surface area contributed by atoms with E-state index in [2.05, 4.69) is 47.3 Å². The van der Waals surface area contributed by atoms with Gasteiger partial charge in [-0.15, -0.1) is 0 Å². The van der Waals surface area contributed by atoms with Crippen LogP contribution in [0, 0.1) is 0 Å². The highest BCUT2D eigenvalue weighted by Crippen LogP contribution is 2.22. The predicted octanol–water partition coefficient (Wildman–Crippen LogP) is 1.25. The predicted molar refractivity (Wildman–Crippen MR) is 95.5 cm³/mol. The van der Waals surface area contributed by atoms with Crippen LogP contribution in [0.5, 0.6) is 6.01 Å². The molecule has 0 amide bonds. The molecule has 9 nitrogen and oxygen atoms in total. The van der Waals surface area contributed by atoms with Gasteiger partial charge < -0.3 is 19.9 Å². The first-order valence-electron chi connectivity index (χ1n) is 8.15. The lowest BCUT2D eigenvalue weighted by Crippen LogP contribution is -2.45. The van der Waals surface area contributed by atoms with Crippen LogP contribution in [0.15, 0.2) is 24.4 Å². The Hall–Kier alpha value is -2.94. The van der Waals surface area contributed by atoms with Gasteiger partial charge in [0.2, 0.25) is 11.9 Å². The van der Waals surface area contributed by atoms with Gasteiger partial charge in [-0.25, -0.2) is 0 Å². The third-order valence-electron chi connectivity index (χ3n) is 4.27. The molecule has 4 rings (SSSR count). The van der Waals surface area contributed by atoms with E-state index in [4.69, 9.17) is 4.74 Å². The summed E-state index contributed by atoms with van der Waals surface area (Å²) < 4.78 is 5.25. The molecule has 2 N–H and O–H groups in total. The van der Waals surface area contributed by atoms with Crippen LogP contribution in [-0.4, -0.2) is 70.4 Å². The Labute approximate surface area is 145 Å². The minimum absolute atomic E-state index is 0.302. The molecule has 1 fully saturated rings. The van der Waals surface area contributed by atoms with Crippen molar-refractivity contribution in [2.45, 2.75) is 0 Å². The number of nitrogens with one attached hydrogen (secondary N) is 2. The molecule has 130 valence electrons. The molecule has 0 atom stereocenters. The molecule has 0 radical (unpaired) electrons. The third-order valence-corrected chi connectivity index (χ3v) is 4.27. The number of aromatic nitrogens is 5. The standard InChI is InChI=1S/C16H20N8O/c1-23-5-7-24(8-6-23)15-19-14(20-16(21-15)25-2)18-12-3-4-13-11(9-12)10-17-22-13/h3-4,9-10H,5-8H2,1-2H3,(H,17,22)(H,18,19,20,21). The average Bonchev–Trinajstić information content (AvgIpc) is 3.10. The van der Waals surface area contributed by atoms with Crippen molar-refractivity contribution < 1.29 is 4.74 Å². The van der Waals surface area contributed by atoms with Gasteiger partial charge in [0.25, 0.3) is 0 Å². The van der Waals surface area contributed by atoms with Gasteiger partial charge in [-0.05, 0) is 25.2 Å². The van der Waals surface area contributed by atoms with E-state index in [0.29, 0.717) is 17.9 Å². The maximum absolute atomic E-state index is 5.25. The lowest BCUT2D eigenvalue weighted by Gasteiger charge is -2.32. The number of benzene rings is 1. The fraction of sp³-hybridized carbons (Fsp3) is 0.375. The van der Waals surface area contributed by atoms with Crippen molar-refractivity contribution in [3.05, 3.63) is 24.4 Å². The first kappa shape index (κ1) is 15.6. The van der Waals surface area contributed by atoms with E-state index in [1.54, 1.807) is 13.3 Å². The molecule has 3 aromatic rings. The van der Waals surface area contributed by atoms with Gasteiger partial charge in [-0.2, -0.15) is 20.1 Å². The highest BCUT2D eigenvalue weighted by atomic mass is 16.5. The maximum Gasteiger partial charge on any atom is 0.322 e. The zero-order valence-electron chi connectivity index (χ0n) is 14.2. The van der Waals surface area contributed by atoms with Gasteiger partial charge in [0, 0.05) is 37.3 Å². The van der Waals surface area contributed by atoms with Crippen molar-refractivity contribution in [1.82, 2.24) is 30.0 Å². The highest BCUT2D eigenvalue weighted by Gasteiger charge is 2.18. The van der Waals surface area contributed by atoms with Crippen LogP contribution in [0.4, 0.5) is 17.6 Å². The second-order valence-corrected chi connectivity index (χ2v) is 6.03. The van der Waals surface area contributed by atoms with E-state index >= 15 is 0 Å². The van der Waals surface area contributed by atoms with Crippen LogP contribution >= 0.6 is 0 Å². The van der Waals surface area contributed by atoms with Crippen molar-refractivity contribution in [1.29, 1.82) is 0 Å². The number of hydrogen-bond acceptors (Lipinski definition) is 8. The minimum Gasteiger partial charge on any atom is -0.467 e. The number of ether oxygens (including phenoxy) is 1. The van der Waals surface area contributed by atoms with Gasteiger partial charge in [-0.1, -0.05) is 0 Å². The largest absolute Gasteiger partial charge is 0.467 e. The lowest BCUT2D eigenvalue weighted by atomic mass is 10.2. The molecule has 1 aliphatic heterocycles. The molecular formula is C16H20N8O. The van der Waals surface area contributed by atoms with Crippen LogP contribution in [0.3, 0.4) is 0 Å². The summed E-state index contributed by atoms with van der Waals surface area (Å²) in [5.74, 6) is 1.09. The van der Waals surface area contributed by atoms with Gasteiger partial charge in [0.05, 0.1) is 18.8 Å². The number of piperazine rings is 1. The van der Waals surface area contributed by atoms with Gasteiger partial charge in [0.1, 0.15) is 0 Å². The Kier molecular flexibility index (Phi) is 4.06. The number of nitrogens with zero attached hydrogens (tertiary/aromatic N) is 6. The van der Waals surface area contributed by atoms with E-state index in [1.807, 2.05) is 18.2 Å². The highest BCUT2D eigenvalue weighted by molar-refractivity contribution is 5.82. The number of rotatable bonds is 4. The molecule has 25 heavy (non-hydrogen) atoms. The van der Waals surface area contributed by atoms with Crippen molar-refractivity contribution in [2.75, 3.05) is 50.6 Å². The van der Waals surface area contributed by atoms with Crippen molar-refractivity contribution in [3.8, 4) is 6.01 Å². The summed E-state index contributed by atoms with van der Waals surface area (Å²) in [4.78, 5) is 17.7. The zero-order chi connectivity index (χ0) is 17.2. The van der Waals surface area contributed by atoms with E-state index in [-0.39, 0.29) is 0 Å². The van der Waals surface area contributed by atoms with Gasteiger partial charge >= 0.3 is 6.01 Å². The zero-order valence-corrected chi connectivity index (χ0v) is 14.2. The normalized spacial score (nSPS) is 15.5. The number of anilines is 3. The molecule has 2 aromatic heterocycles. The number of methoxy groups -OCH3 is 1. The number of H-pyrrole nitrogens is 1. The fourth-order valence-electron chi connectivity index (χ4n) is 2.79. The van der Waals surface area contributed by atoms with Crippen LogP contribution in [0.1, 0.15) is 0 Å². The number of hydrogen-bond donors (Lipinski definition) is 2. The Morgan fingerprint density at radius 3 is 2.76 bits per heavy atom. The van der Waals surface area contributed by atoms with E-state index < -0.39 is 0 Å². The average molecular weight is 340 g/mol. The van der Waals surface area contributed by atoms with Gasteiger partial charge in [-0.3, -0.25) is 5.10 Å². The van der Waals surface area contributed by atoms with Crippen molar-refractivity contribution in [2.24, 2.45) is 0 Å². The summed E-state index contributed by atoms with van der Waals surface area (Å²) in [6.07, 6.45) is 1.78. The quantitative estimate of drug-likeness (QED) is 0.733. The summed E-state index contributed by atoms with van der Waals surface area (Å²) in [7, 11) is 3.68. The molecule has 1 aliphatic rings. The van der Waals surface area contributed by atoms with Crippen molar-refractivity contribution >= 4 is 28.5 Å². The van der Waals surface area contributed by atoms with Crippen LogP contribution in [-0.2, 0) is 0 Å². The number of fused-ring (bicyclic) bond motifs is 1. The third kappa shape index (κ3) is 3.31. The summed E-state index contributed by atoms with van der Waals surface area (Å²) >= 11 is 0. The SMILES string of the molecule is COc1nc(Nc2ccc3[nH]ncc3c2)nc(N2CCN(C)CC2)n1. The molecule has 0 unspecified atom stereocenters. The molecule has 0 saturated carbocycles. The summed E-state index contributed by atoms with van der Waals surface area (Å²) in [6.45, 7) is 3.72. The first-order valence-corrected chi connectivity index (χ1v) is 8.15. The second-order valence-electron chi connectivity index (χ2n) is 6.03. The number of likely N-dealkylation sites (N-methyl/N-ethyl adjacent to an activating group) is 1. The maximum atomic E-state index is 5.25. The van der Waals surface area contributed by atoms with Crippen molar-refractivity contribution in [3.63, 3.8) is 0 Å². The van der Waals surface area contributed by atoms with E-state index in [1.165, 1.54) is 0 Å². The van der Waals surface area contributed by atoms with Crippen LogP contribution < -0.4 is 15.0 Å². The summed E-state index contributed by atoms with van der Waals surface area (Å²) in [5, 5.41) is 11.2. The Morgan fingerprint density at radius 2 is 1.96 bits per heavy atom. The second kappa shape index (κ2) is 6.52. The molecular weight excluding hydrogens is 320 g/mol. The van der Waals surface area contributed by atoms with E-state index in [0.717, 1.165) is 42.8 Å². The van der Waals surface area contributed by atoms with E-state index in [9.17, 15) is 0 Å². The fourth-order valence-corrected chi connectivity index (χ4v) is 2.79. The minimum atomic E-state index is 0.302. The summed E-state index contributed by atoms with van der Waals surface area (Å²) in [6, 6.07) is 6.21. The Balaban J connectivity index is 1.60. The van der Waals surface area contributed by atoms with Crippen LogP contribution in [0.25, 0.3) is 10.9 Å². The molecule has 0 bridgehead atoms. The number of aromatic amines is 1. The smallest absolute Gasteiger partial charge is 0.322 e. The topological polar surface area (TPSA) is 95.1 Å². The molecule has 1 saturated heterocycles. The Bertz CT molecular complexity index is 871. The first-order chi connectivity index (χ1) is 12.2. The Morgan fingerprint density at radius 1 is 1.12 bits per heavy atom. The molecule has 9 heteroatoms. The summed E-state index contributed by atoms with van der Waals surface area (Å²) in [5.41, 5.74) is 1.86. The molecule has 1 aromatic carbocycles.